The van der Waals surface area contributed by atoms with Crippen molar-refractivity contribution in [3.8, 4) is 0 Å². The first kappa shape index (κ1) is 29.8. The number of halogens is 1. The van der Waals surface area contributed by atoms with Gasteiger partial charge in [0.1, 0.15) is 11.4 Å². The summed E-state index contributed by atoms with van der Waals surface area (Å²) in [6, 6.07) is 5.49. The number of hydrogen-bond acceptors (Lipinski definition) is 5. The van der Waals surface area contributed by atoms with Gasteiger partial charge in [-0.2, -0.15) is 0 Å². The molecule has 0 radical (unpaired) electrons. The lowest BCUT2D eigenvalue weighted by molar-refractivity contribution is -0.137. The number of benzene rings is 1. The summed E-state index contributed by atoms with van der Waals surface area (Å²) in [5.74, 6) is -1.03. The molecule has 1 N–H and O–H groups in total. The number of esters is 1. The molecule has 0 fully saturated rings. The predicted molar refractivity (Wildman–Crippen MR) is 136 cm³/mol. The van der Waals surface area contributed by atoms with Gasteiger partial charge >= 0.3 is 12.1 Å². The summed E-state index contributed by atoms with van der Waals surface area (Å²) in [5.41, 5.74) is 0.0506. The Morgan fingerprint density at radius 3 is 2.18 bits per heavy atom. The lowest BCUT2D eigenvalue weighted by Gasteiger charge is -2.38. The van der Waals surface area contributed by atoms with Crippen molar-refractivity contribution in [3.63, 3.8) is 0 Å². The predicted octanol–water partition coefficient (Wildman–Crippen LogP) is 6.54. The van der Waals surface area contributed by atoms with Crippen LogP contribution in [-0.2, 0) is 18.7 Å². The number of rotatable bonds is 10. The second-order valence-corrected chi connectivity index (χ2v) is 15.7. The van der Waals surface area contributed by atoms with Crippen LogP contribution < -0.4 is 5.32 Å². The molecule has 1 aromatic rings. The lowest BCUT2D eigenvalue weighted by atomic mass is 9.90. The molecule has 0 spiro atoms. The molecule has 1 amide bonds. The standard InChI is InChI=1S/C26H42FNO5Si/c1-10-31-22(29)13-11-12-20(18-32-34(8,9)26(5,6)7)23(19-14-16-21(27)17-15-19)28-24(30)33-25(2,3)4/h11,13-17,20,23H,10,12,18H2,1-9H3,(H,28,30)/b13-11+/t20-,23-/m1/s1. The third-order valence-corrected chi connectivity index (χ3v) is 10.3. The molecule has 0 saturated heterocycles. The average Bonchev–Trinajstić information content (AvgIpc) is 2.67. The third kappa shape index (κ3) is 10.4. The minimum absolute atomic E-state index is 0.00227. The molecule has 2 atom stereocenters. The number of hydrogen-bond donors (Lipinski definition) is 1. The van der Waals surface area contributed by atoms with Gasteiger partial charge in [0, 0.05) is 18.6 Å². The van der Waals surface area contributed by atoms with Gasteiger partial charge in [0.05, 0.1) is 12.6 Å². The summed E-state index contributed by atoms with van der Waals surface area (Å²) in [5, 5.41) is 2.95. The topological polar surface area (TPSA) is 73.9 Å². The maximum Gasteiger partial charge on any atom is 0.408 e. The van der Waals surface area contributed by atoms with Crippen molar-refractivity contribution in [2.75, 3.05) is 13.2 Å². The second-order valence-electron chi connectivity index (χ2n) is 10.9. The number of nitrogens with one attached hydrogen (secondary N) is 1. The molecule has 0 aliphatic heterocycles. The fourth-order valence-corrected chi connectivity index (χ4v) is 4.00. The van der Waals surface area contributed by atoms with Crippen molar-refractivity contribution in [2.45, 2.75) is 84.7 Å². The van der Waals surface area contributed by atoms with E-state index in [1.165, 1.54) is 18.2 Å². The molecule has 0 saturated carbocycles. The van der Waals surface area contributed by atoms with Gasteiger partial charge in [0.25, 0.3) is 0 Å². The maximum atomic E-state index is 13.6. The minimum Gasteiger partial charge on any atom is -0.463 e. The third-order valence-electron chi connectivity index (χ3n) is 5.82. The first-order chi connectivity index (χ1) is 15.6. The normalized spacial score (nSPS) is 14.5. The summed E-state index contributed by atoms with van der Waals surface area (Å²) < 4.78 is 30.6. The molecule has 0 unspecified atom stereocenters. The Balaban J connectivity index is 3.29. The highest BCUT2D eigenvalue weighted by Crippen LogP contribution is 2.38. The Morgan fingerprint density at radius 1 is 1.09 bits per heavy atom. The SMILES string of the molecule is CCOC(=O)/C=C/C[C@H](CO[Si](C)(C)C(C)(C)C)[C@H](NC(=O)OC(C)(C)C)c1ccc(F)cc1. The fraction of sp³-hybridized carbons (Fsp3) is 0.615. The van der Waals surface area contributed by atoms with Crippen molar-refractivity contribution >= 4 is 20.4 Å². The highest BCUT2D eigenvalue weighted by molar-refractivity contribution is 6.74. The second kappa shape index (κ2) is 12.5. The molecule has 34 heavy (non-hydrogen) atoms. The number of allylic oxidation sites excluding steroid dienone is 1. The first-order valence-corrected chi connectivity index (χ1v) is 14.7. The molecule has 0 aliphatic rings. The van der Waals surface area contributed by atoms with Crippen molar-refractivity contribution in [3.05, 3.63) is 47.8 Å². The number of carbonyl (C=O) groups is 2. The molecule has 6 nitrogen and oxygen atoms in total. The van der Waals surface area contributed by atoms with E-state index in [0.717, 1.165) is 5.56 Å². The molecule has 192 valence electrons. The van der Waals surface area contributed by atoms with E-state index in [1.807, 2.05) is 0 Å². The summed E-state index contributed by atoms with van der Waals surface area (Å²) in [4.78, 5) is 24.5. The van der Waals surface area contributed by atoms with Crippen molar-refractivity contribution in [1.82, 2.24) is 5.32 Å². The Labute approximate surface area is 205 Å². The van der Waals surface area contributed by atoms with Gasteiger partial charge in [0.15, 0.2) is 8.32 Å². The molecule has 0 bridgehead atoms. The van der Waals surface area contributed by atoms with Crippen LogP contribution >= 0.6 is 0 Å². The van der Waals surface area contributed by atoms with E-state index in [0.29, 0.717) is 19.6 Å². The fourth-order valence-electron chi connectivity index (χ4n) is 2.94. The first-order valence-electron chi connectivity index (χ1n) is 11.8. The monoisotopic (exact) mass is 495 g/mol. The summed E-state index contributed by atoms with van der Waals surface area (Å²) in [7, 11) is -2.09. The van der Waals surface area contributed by atoms with Gasteiger partial charge < -0.3 is 19.2 Å². The summed E-state index contributed by atoms with van der Waals surface area (Å²) in [6.07, 6.45) is 2.97. The zero-order valence-corrected chi connectivity index (χ0v) is 23.2. The Morgan fingerprint density at radius 2 is 1.68 bits per heavy atom. The van der Waals surface area contributed by atoms with Crippen LogP contribution in [0.2, 0.25) is 18.1 Å². The summed E-state index contributed by atoms with van der Waals surface area (Å²) >= 11 is 0. The van der Waals surface area contributed by atoms with Gasteiger partial charge in [-0.05, 0) is 69.9 Å². The molecule has 0 heterocycles. The van der Waals surface area contributed by atoms with E-state index >= 15 is 0 Å². The minimum atomic E-state index is -2.09. The van der Waals surface area contributed by atoms with Crippen LogP contribution in [0.15, 0.2) is 36.4 Å². The zero-order chi connectivity index (χ0) is 26.2. The van der Waals surface area contributed by atoms with Crippen LogP contribution in [0.25, 0.3) is 0 Å². The largest absolute Gasteiger partial charge is 0.463 e. The molecule has 0 aromatic heterocycles. The average molecular weight is 496 g/mol. The van der Waals surface area contributed by atoms with Crippen molar-refractivity contribution in [2.24, 2.45) is 5.92 Å². The lowest BCUT2D eigenvalue weighted by Crippen LogP contribution is -2.44. The number of amides is 1. The van der Waals surface area contributed by atoms with Crippen LogP contribution in [0.1, 0.15) is 66.5 Å². The van der Waals surface area contributed by atoms with E-state index < -0.39 is 32.0 Å². The molecule has 0 aliphatic carbocycles. The number of ether oxygens (including phenoxy) is 2. The Kier molecular flexibility index (Phi) is 11.0. The highest BCUT2D eigenvalue weighted by atomic mass is 28.4. The van der Waals surface area contributed by atoms with Crippen LogP contribution in [0, 0.1) is 11.7 Å². The zero-order valence-electron chi connectivity index (χ0n) is 22.2. The van der Waals surface area contributed by atoms with Gasteiger partial charge in [-0.1, -0.05) is 39.0 Å². The van der Waals surface area contributed by atoms with Crippen LogP contribution in [-0.4, -0.2) is 39.2 Å². The Hall–Kier alpha value is -2.19. The van der Waals surface area contributed by atoms with Crippen LogP contribution in [0.5, 0.6) is 0 Å². The van der Waals surface area contributed by atoms with E-state index in [1.54, 1.807) is 45.9 Å². The van der Waals surface area contributed by atoms with Crippen LogP contribution in [0.4, 0.5) is 9.18 Å². The molecule has 1 rings (SSSR count). The van der Waals surface area contributed by atoms with E-state index in [9.17, 15) is 14.0 Å². The van der Waals surface area contributed by atoms with Gasteiger partial charge in [-0.15, -0.1) is 0 Å². The van der Waals surface area contributed by atoms with Crippen molar-refractivity contribution in [1.29, 1.82) is 0 Å². The van der Waals surface area contributed by atoms with Crippen molar-refractivity contribution < 1.29 is 27.9 Å². The molecular weight excluding hydrogens is 453 g/mol. The van der Waals surface area contributed by atoms with Gasteiger partial charge in [0.2, 0.25) is 0 Å². The smallest absolute Gasteiger partial charge is 0.408 e. The number of carbonyl (C=O) groups excluding carboxylic acids is 2. The summed E-state index contributed by atoms with van der Waals surface area (Å²) in [6.45, 7) is 18.6. The molecule has 8 heteroatoms. The van der Waals surface area contributed by atoms with Gasteiger partial charge in [-0.25, -0.2) is 14.0 Å². The Bertz CT molecular complexity index is 825. The van der Waals surface area contributed by atoms with Gasteiger partial charge in [-0.3, -0.25) is 0 Å². The van der Waals surface area contributed by atoms with Crippen LogP contribution in [0.3, 0.4) is 0 Å². The number of alkyl carbamates (subject to hydrolysis) is 1. The van der Waals surface area contributed by atoms with E-state index in [2.05, 4.69) is 39.2 Å². The highest BCUT2D eigenvalue weighted by Gasteiger charge is 2.38. The molecule has 1 aromatic carbocycles. The molecular formula is C26H42FNO5Si. The quantitative estimate of drug-likeness (QED) is 0.227. The van der Waals surface area contributed by atoms with E-state index in [4.69, 9.17) is 13.9 Å². The maximum absolute atomic E-state index is 13.6. The van der Waals surface area contributed by atoms with E-state index in [-0.39, 0.29) is 16.8 Å².